The van der Waals surface area contributed by atoms with Gasteiger partial charge in [-0.3, -0.25) is 0 Å². The van der Waals surface area contributed by atoms with Gasteiger partial charge >= 0.3 is 0 Å². The minimum Gasteiger partial charge on any atom is -0.457 e. The molecular weight excluding hydrogens is 412 g/mol. The monoisotopic (exact) mass is 438 g/mol. The first-order valence-corrected chi connectivity index (χ1v) is 12.2. The smallest absolute Gasteiger partial charge is 0.127 e. The van der Waals surface area contributed by atoms with Crippen molar-refractivity contribution < 1.29 is 9.47 Å². The standard InChI is InChI=1S/C27H26N2O2Si/c1-32-18-27(19-2-10-23(11-3-19)30-25-14-6-21(28)7-15-25)20-4-12-24(13-5-20)31-26-16-8-22(29)9-17-26/h2-17,27H,18,28-29H2,1H3. The maximum atomic E-state index is 5.94. The highest BCUT2D eigenvalue weighted by molar-refractivity contribution is 6.33. The van der Waals surface area contributed by atoms with Crippen molar-refractivity contribution >= 4 is 20.9 Å². The van der Waals surface area contributed by atoms with E-state index in [2.05, 4.69) is 30.8 Å². The molecule has 0 bridgehead atoms. The minimum absolute atomic E-state index is 0.328. The van der Waals surface area contributed by atoms with Crippen molar-refractivity contribution in [1.29, 1.82) is 0 Å². The highest BCUT2D eigenvalue weighted by Crippen LogP contribution is 2.32. The number of rotatable bonds is 8. The summed E-state index contributed by atoms with van der Waals surface area (Å²) < 4.78 is 11.9. The predicted molar refractivity (Wildman–Crippen MR) is 133 cm³/mol. The van der Waals surface area contributed by atoms with E-state index in [-0.39, 0.29) is 0 Å². The highest BCUT2D eigenvalue weighted by Gasteiger charge is 2.14. The zero-order valence-corrected chi connectivity index (χ0v) is 19.0. The van der Waals surface area contributed by atoms with Crippen LogP contribution in [0.3, 0.4) is 0 Å². The van der Waals surface area contributed by atoms with Crippen LogP contribution in [0.15, 0.2) is 97.1 Å². The van der Waals surface area contributed by atoms with Gasteiger partial charge in [-0.25, -0.2) is 0 Å². The Bertz CT molecular complexity index is 1040. The average Bonchev–Trinajstić information content (AvgIpc) is 2.82. The van der Waals surface area contributed by atoms with Gasteiger partial charge in [0.15, 0.2) is 0 Å². The molecule has 4 N–H and O–H groups in total. The third-order valence-corrected chi connectivity index (χ3v) is 6.02. The van der Waals surface area contributed by atoms with Crippen LogP contribution in [0.25, 0.3) is 0 Å². The molecule has 0 spiro atoms. The van der Waals surface area contributed by atoms with Crippen molar-refractivity contribution in [2.75, 3.05) is 11.5 Å². The van der Waals surface area contributed by atoms with Gasteiger partial charge in [-0.1, -0.05) is 36.9 Å². The summed E-state index contributed by atoms with van der Waals surface area (Å²) in [5.74, 6) is 3.49. The Labute approximate surface area is 191 Å². The Morgan fingerprint density at radius 1 is 0.562 bits per heavy atom. The number of anilines is 2. The number of nitrogens with two attached hydrogens (primary N) is 2. The van der Waals surface area contributed by atoms with Crippen LogP contribution < -0.4 is 20.9 Å². The fourth-order valence-electron chi connectivity index (χ4n) is 3.51. The van der Waals surface area contributed by atoms with Crippen LogP contribution in [0, 0.1) is 0 Å². The van der Waals surface area contributed by atoms with Crippen LogP contribution in [0.5, 0.6) is 23.0 Å². The van der Waals surface area contributed by atoms with Gasteiger partial charge in [-0.05, 0) is 83.9 Å². The Balaban J connectivity index is 1.47. The molecule has 2 radical (unpaired) electrons. The Kier molecular flexibility index (Phi) is 6.77. The zero-order valence-electron chi connectivity index (χ0n) is 18.0. The van der Waals surface area contributed by atoms with Crippen molar-refractivity contribution in [3.05, 3.63) is 108 Å². The van der Waals surface area contributed by atoms with Gasteiger partial charge in [0.2, 0.25) is 0 Å². The van der Waals surface area contributed by atoms with E-state index in [1.54, 1.807) is 0 Å². The lowest BCUT2D eigenvalue weighted by Crippen LogP contribution is -2.03. The summed E-state index contributed by atoms with van der Waals surface area (Å²) in [6, 6.07) is 32.6. The molecule has 0 amide bonds. The van der Waals surface area contributed by atoms with Crippen molar-refractivity contribution in [2.24, 2.45) is 0 Å². The van der Waals surface area contributed by atoms with E-state index >= 15 is 0 Å². The van der Waals surface area contributed by atoms with Crippen molar-refractivity contribution in [2.45, 2.75) is 18.5 Å². The molecule has 5 heteroatoms. The first-order chi connectivity index (χ1) is 15.6. The zero-order chi connectivity index (χ0) is 22.3. The molecule has 0 fully saturated rings. The summed E-state index contributed by atoms with van der Waals surface area (Å²) in [6.45, 7) is 2.24. The van der Waals surface area contributed by atoms with Crippen molar-refractivity contribution in [1.82, 2.24) is 0 Å². The molecule has 0 saturated carbocycles. The summed E-state index contributed by atoms with van der Waals surface area (Å²) in [5.41, 5.74) is 15.5. The molecule has 0 aliphatic carbocycles. The molecule has 0 saturated heterocycles. The van der Waals surface area contributed by atoms with Crippen LogP contribution in [0.2, 0.25) is 12.6 Å². The lowest BCUT2D eigenvalue weighted by atomic mass is 9.93. The predicted octanol–water partition coefficient (Wildman–Crippen LogP) is 6.74. The second-order valence-corrected chi connectivity index (χ2v) is 8.71. The van der Waals surface area contributed by atoms with E-state index in [4.69, 9.17) is 20.9 Å². The summed E-state index contributed by atoms with van der Waals surface area (Å²) in [5, 5.41) is 0. The molecular formula is C27H26N2O2Si. The Hall–Kier alpha value is -3.70. The van der Waals surface area contributed by atoms with Gasteiger partial charge in [0, 0.05) is 26.8 Å². The van der Waals surface area contributed by atoms with Crippen LogP contribution >= 0.6 is 0 Å². The second kappa shape index (κ2) is 10.1. The molecule has 4 aromatic rings. The lowest BCUT2D eigenvalue weighted by molar-refractivity contribution is 0.482. The van der Waals surface area contributed by atoms with Gasteiger partial charge in [0.05, 0.1) is 0 Å². The maximum Gasteiger partial charge on any atom is 0.127 e. The number of benzene rings is 4. The molecule has 0 aromatic heterocycles. The van der Waals surface area contributed by atoms with Gasteiger partial charge in [0.25, 0.3) is 0 Å². The normalized spacial score (nSPS) is 10.8. The second-order valence-electron chi connectivity index (χ2n) is 7.59. The van der Waals surface area contributed by atoms with Crippen molar-refractivity contribution in [3.63, 3.8) is 0 Å². The number of hydrogen-bond donors (Lipinski definition) is 2. The summed E-state index contributed by atoms with van der Waals surface area (Å²) in [7, 11) is 0.851. The molecule has 0 aliphatic heterocycles. The highest BCUT2D eigenvalue weighted by atomic mass is 28.2. The third kappa shape index (κ3) is 5.50. The molecule has 0 unspecified atom stereocenters. The topological polar surface area (TPSA) is 70.5 Å². The number of hydrogen-bond acceptors (Lipinski definition) is 4. The maximum absolute atomic E-state index is 5.94. The molecule has 0 aliphatic rings. The molecule has 160 valence electrons. The van der Waals surface area contributed by atoms with E-state index in [9.17, 15) is 0 Å². The van der Waals surface area contributed by atoms with Crippen LogP contribution in [0.1, 0.15) is 17.0 Å². The fourth-order valence-corrected chi connectivity index (χ4v) is 4.39. The van der Waals surface area contributed by atoms with Gasteiger partial charge < -0.3 is 20.9 Å². The summed E-state index contributed by atoms with van der Waals surface area (Å²) in [4.78, 5) is 0. The SMILES string of the molecule is C[Si]CC(c1ccc(Oc2ccc(N)cc2)cc1)c1ccc(Oc2ccc(N)cc2)cc1. The largest absolute Gasteiger partial charge is 0.457 e. The fraction of sp³-hybridized carbons (Fsp3) is 0.111. The van der Waals surface area contributed by atoms with Gasteiger partial charge in [-0.2, -0.15) is 0 Å². The quantitative estimate of drug-likeness (QED) is 0.236. The average molecular weight is 439 g/mol. The van der Waals surface area contributed by atoms with E-state index in [0.29, 0.717) is 5.92 Å². The Morgan fingerprint density at radius 3 is 1.19 bits per heavy atom. The van der Waals surface area contributed by atoms with E-state index in [1.165, 1.54) is 11.1 Å². The van der Waals surface area contributed by atoms with Crippen LogP contribution in [-0.4, -0.2) is 9.52 Å². The minimum atomic E-state index is 0.328. The molecule has 4 rings (SSSR count). The molecule has 4 nitrogen and oxygen atoms in total. The third-order valence-electron chi connectivity index (χ3n) is 5.20. The van der Waals surface area contributed by atoms with Crippen molar-refractivity contribution in [3.8, 4) is 23.0 Å². The van der Waals surface area contributed by atoms with Crippen LogP contribution in [-0.2, 0) is 0 Å². The first kappa shape index (κ1) is 21.5. The summed E-state index contributed by atoms with van der Waals surface area (Å²) >= 11 is 0. The first-order valence-electron chi connectivity index (χ1n) is 10.5. The van der Waals surface area contributed by atoms with Crippen LogP contribution in [0.4, 0.5) is 11.4 Å². The Morgan fingerprint density at radius 2 is 0.875 bits per heavy atom. The van der Waals surface area contributed by atoms with Gasteiger partial charge in [0.1, 0.15) is 23.0 Å². The molecule has 0 heterocycles. The summed E-state index contributed by atoms with van der Waals surface area (Å²) in [6.07, 6.45) is 0. The number of ether oxygens (including phenoxy) is 2. The molecule has 4 aromatic carbocycles. The van der Waals surface area contributed by atoms with Gasteiger partial charge in [-0.15, -0.1) is 0 Å². The lowest BCUT2D eigenvalue weighted by Gasteiger charge is -2.18. The number of nitrogen functional groups attached to an aromatic ring is 2. The molecule has 0 atom stereocenters. The van der Waals surface area contributed by atoms with E-state index in [0.717, 1.165) is 49.9 Å². The van der Waals surface area contributed by atoms with E-state index < -0.39 is 0 Å². The molecule has 32 heavy (non-hydrogen) atoms. The van der Waals surface area contributed by atoms with E-state index in [1.807, 2.05) is 72.8 Å².